The summed E-state index contributed by atoms with van der Waals surface area (Å²) >= 11 is 0. The molecule has 9 nitrogen and oxygen atoms in total. The predicted molar refractivity (Wildman–Crippen MR) is 145 cm³/mol. The average Bonchev–Trinajstić information content (AvgIpc) is 3.50. The van der Waals surface area contributed by atoms with Gasteiger partial charge in [-0.25, -0.2) is 12.4 Å². The number of benzene rings is 2. The molecule has 0 radical (unpaired) electrons. The molecule has 10 heteroatoms. The Morgan fingerprint density at radius 1 is 1.11 bits per heavy atom. The molecular formula is C28H32N4O5S. The first-order valence-electron chi connectivity index (χ1n) is 12.7. The van der Waals surface area contributed by atoms with Crippen molar-refractivity contribution < 1.29 is 22.7 Å². The van der Waals surface area contributed by atoms with Crippen molar-refractivity contribution in [2.24, 2.45) is 7.05 Å². The van der Waals surface area contributed by atoms with E-state index in [0.29, 0.717) is 40.0 Å². The summed E-state index contributed by atoms with van der Waals surface area (Å²) in [6.07, 6.45) is 2.73. The van der Waals surface area contributed by atoms with E-state index < -0.39 is 10.0 Å². The van der Waals surface area contributed by atoms with Crippen molar-refractivity contribution in [3.63, 3.8) is 0 Å². The lowest BCUT2D eigenvalue weighted by Gasteiger charge is -2.26. The van der Waals surface area contributed by atoms with Crippen molar-refractivity contribution in [3.8, 4) is 17.0 Å². The van der Waals surface area contributed by atoms with Gasteiger partial charge in [-0.15, -0.1) is 0 Å². The number of carbonyl (C=O) groups excluding carboxylic acids is 1. The molecule has 1 aliphatic rings. The molecule has 4 aromatic rings. The van der Waals surface area contributed by atoms with Crippen LogP contribution in [0.1, 0.15) is 28.9 Å². The van der Waals surface area contributed by atoms with Crippen LogP contribution < -0.4 is 4.74 Å². The summed E-state index contributed by atoms with van der Waals surface area (Å²) in [4.78, 5) is 15.5. The fraction of sp³-hybridized carbons (Fsp3) is 0.357. The van der Waals surface area contributed by atoms with E-state index in [4.69, 9.17) is 9.47 Å². The Morgan fingerprint density at radius 2 is 1.84 bits per heavy atom. The standard InChI is InChI=1S/C28H32N4O5S/c1-20-9-11-21(12-10-20)38(34,35)32-19-23(22-6-4-8-27(36-3)28(22)32)25-18-24(29-30(25)2)26(33)7-5-13-31-14-16-37-17-15-31/h4,6,8-12,18-19H,5,7,13-17H2,1-3H3. The summed E-state index contributed by atoms with van der Waals surface area (Å²) in [6, 6.07) is 13.9. The van der Waals surface area contributed by atoms with E-state index in [2.05, 4.69) is 10.00 Å². The molecule has 5 rings (SSSR count). The molecule has 2 aromatic heterocycles. The average molecular weight is 537 g/mol. The first kappa shape index (κ1) is 26.1. The molecule has 0 atom stereocenters. The Bertz CT molecular complexity index is 1560. The SMILES string of the molecule is COc1cccc2c(-c3cc(C(=O)CCCN4CCOCC4)nn3C)cn(S(=O)(=O)c3ccc(C)cc3)c12. The van der Waals surface area contributed by atoms with Gasteiger partial charge >= 0.3 is 0 Å². The quantitative estimate of drug-likeness (QED) is 0.300. The second-order valence-electron chi connectivity index (χ2n) is 9.53. The van der Waals surface area contributed by atoms with Crippen LogP contribution in [-0.4, -0.2) is 72.8 Å². The normalized spacial score (nSPS) is 14.7. The summed E-state index contributed by atoms with van der Waals surface area (Å²) in [6.45, 7) is 6.00. The van der Waals surface area contributed by atoms with Gasteiger partial charge in [0, 0.05) is 43.7 Å². The van der Waals surface area contributed by atoms with Gasteiger partial charge in [-0.05, 0) is 44.2 Å². The van der Waals surface area contributed by atoms with Gasteiger partial charge in [0.15, 0.2) is 5.78 Å². The zero-order valence-corrected chi connectivity index (χ0v) is 22.7. The van der Waals surface area contributed by atoms with Gasteiger partial charge in [0.2, 0.25) is 0 Å². The van der Waals surface area contributed by atoms with E-state index in [9.17, 15) is 13.2 Å². The van der Waals surface area contributed by atoms with Crippen molar-refractivity contribution in [2.75, 3.05) is 40.0 Å². The smallest absolute Gasteiger partial charge is 0.268 e. The Balaban J connectivity index is 1.50. The van der Waals surface area contributed by atoms with Crippen LogP contribution in [0.4, 0.5) is 0 Å². The van der Waals surface area contributed by atoms with Gasteiger partial charge in [-0.3, -0.25) is 14.4 Å². The van der Waals surface area contributed by atoms with E-state index in [1.54, 1.807) is 54.3 Å². The van der Waals surface area contributed by atoms with Crippen molar-refractivity contribution in [1.82, 2.24) is 18.7 Å². The summed E-state index contributed by atoms with van der Waals surface area (Å²) in [7, 11) is -0.643. The zero-order valence-electron chi connectivity index (χ0n) is 21.9. The Hall–Kier alpha value is -3.47. The van der Waals surface area contributed by atoms with E-state index >= 15 is 0 Å². The highest BCUT2D eigenvalue weighted by Gasteiger charge is 2.26. The molecule has 0 spiro atoms. The number of ketones is 1. The number of Topliss-reactive ketones (excluding diaryl/α,β-unsaturated/α-hetero) is 1. The van der Waals surface area contributed by atoms with E-state index in [1.807, 2.05) is 19.1 Å². The van der Waals surface area contributed by atoms with Crippen molar-refractivity contribution in [3.05, 3.63) is 66.0 Å². The number of aromatic nitrogens is 3. The lowest BCUT2D eigenvalue weighted by Crippen LogP contribution is -2.36. The molecular weight excluding hydrogens is 504 g/mol. The molecule has 0 aliphatic carbocycles. The molecule has 3 heterocycles. The summed E-state index contributed by atoms with van der Waals surface area (Å²) < 4.78 is 41.3. The molecule has 0 amide bonds. The van der Waals surface area contributed by atoms with Gasteiger partial charge in [0.1, 0.15) is 17.0 Å². The largest absolute Gasteiger partial charge is 0.495 e. The number of hydrogen-bond donors (Lipinski definition) is 0. The van der Waals surface area contributed by atoms with Crippen LogP contribution in [0.2, 0.25) is 0 Å². The second kappa shape index (κ2) is 10.7. The van der Waals surface area contributed by atoms with Gasteiger partial charge < -0.3 is 9.47 Å². The third kappa shape index (κ3) is 4.99. The number of nitrogens with zero attached hydrogens (tertiary/aromatic N) is 4. The van der Waals surface area contributed by atoms with Gasteiger partial charge in [0.05, 0.1) is 30.9 Å². The van der Waals surface area contributed by atoms with Crippen LogP contribution in [0.3, 0.4) is 0 Å². The monoisotopic (exact) mass is 536 g/mol. The first-order valence-corrected chi connectivity index (χ1v) is 14.1. The Kier molecular flexibility index (Phi) is 7.38. The first-order chi connectivity index (χ1) is 18.3. The van der Waals surface area contributed by atoms with Gasteiger partial charge in [0.25, 0.3) is 10.0 Å². The number of rotatable bonds is 9. The topological polar surface area (TPSA) is 95.7 Å². The number of methoxy groups -OCH3 is 1. The van der Waals surface area contributed by atoms with Gasteiger partial charge in [-0.1, -0.05) is 29.8 Å². The molecule has 200 valence electrons. The molecule has 0 saturated carbocycles. The molecule has 38 heavy (non-hydrogen) atoms. The molecule has 0 N–H and O–H groups in total. The molecule has 0 unspecified atom stereocenters. The third-order valence-corrected chi connectivity index (χ3v) is 8.65. The van der Waals surface area contributed by atoms with Crippen LogP contribution in [0.25, 0.3) is 22.2 Å². The minimum Gasteiger partial charge on any atom is -0.495 e. The highest BCUT2D eigenvalue weighted by Crippen LogP contribution is 2.38. The van der Waals surface area contributed by atoms with Crippen LogP contribution in [0.15, 0.2) is 59.6 Å². The second-order valence-corrected chi connectivity index (χ2v) is 11.3. The van der Waals surface area contributed by atoms with Crippen molar-refractivity contribution in [1.29, 1.82) is 0 Å². The lowest BCUT2D eigenvalue weighted by molar-refractivity contribution is 0.0371. The Labute approximate surface area is 222 Å². The molecule has 1 fully saturated rings. The van der Waals surface area contributed by atoms with Crippen molar-refractivity contribution >= 4 is 26.7 Å². The summed E-state index contributed by atoms with van der Waals surface area (Å²) in [5, 5.41) is 5.17. The number of morpholine rings is 1. The van der Waals surface area contributed by atoms with Crippen LogP contribution in [0.5, 0.6) is 5.75 Å². The minimum absolute atomic E-state index is 0.0336. The predicted octanol–water partition coefficient (Wildman–Crippen LogP) is 3.89. The van der Waals surface area contributed by atoms with Crippen molar-refractivity contribution in [2.45, 2.75) is 24.7 Å². The summed E-state index contributed by atoms with van der Waals surface area (Å²) in [5.74, 6) is 0.403. The van der Waals surface area contributed by atoms with Gasteiger partial charge in [-0.2, -0.15) is 5.10 Å². The summed E-state index contributed by atoms with van der Waals surface area (Å²) in [5.41, 5.74) is 3.08. The van der Waals surface area contributed by atoms with E-state index in [-0.39, 0.29) is 10.7 Å². The maximum Gasteiger partial charge on any atom is 0.268 e. The van der Waals surface area contributed by atoms with Crippen LogP contribution in [-0.2, 0) is 21.8 Å². The highest BCUT2D eigenvalue weighted by molar-refractivity contribution is 7.90. The molecule has 0 bridgehead atoms. The van der Waals surface area contributed by atoms with E-state index in [1.165, 1.54) is 11.1 Å². The number of hydrogen-bond acceptors (Lipinski definition) is 7. The van der Waals surface area contributed by atoms with E-state index in [0.717, 1.165) is 44.8 Å². The molecule has 2 aromatic carbocycles. The fourth-order valence-corrected chi connectivity index (χ4v) is 6.25. The number of carbonyl (C=O) groups is 1. The van der Waals surface area contributed by atoms with Crippen LogP contribution in [0, 0.1) is 6.92 Å². The Morgan fingerprint density at radius 3 is 2.55 bits per heavy atom. The number of aryl methyl sites for hydroxylation is 2. The molecule has 1 aliphatic heterocycles. The lowest BCUT2D eigenvalue weighted by atomic mass is 10.1. The number of ether oxygens (including phenoxy) is 2. The zero-order chi connectivity index (χ0) is 26.9. The maximum absolute atomic E-state index is 13.7. The third-order valence-electron chi connectivity index (χ3n) is 6.98. The number of para-hydroxylation sites is 1. The maximum atomic E-state index is 13.7. The molecule has 1 saturated heterocycles. The number of fused-ring (bicyclic) bond motifs is 1. The van der Waals surface area contributed by atoms with Crippen LogP contribution >= 0.6 is 0 Å². The minimum atomic E-state index is -3.92. The fourth-order valence-electron chi connectivity index (χ4n) is 4.87. The highest BCUT2D eigenvalue weighted by atomic mass is 32.2.